The average molecular weight is 234 g/mol. The van der Waals surface area contributed by atoms with Gasteiger partial charge < -0.3 is 10.4 Å². The summed E-state index contributed by atoms with van der Waals surface area (Å²) in [5, 5.41) is 11.8. The maximum atomic E-state index is 11.7. The maximum Gasteiger partial charge on any atom is 0.267 e. The zero-order valence-corrected chi connectivity index (χ0v) is 9.20. The predicted molar refractivity (Wildman–Crippen MR) is 62.4 cm³/mol. The molecule has 1 heterocycles. The van der Waals surface area contributed by atoms with Gasteiger partial charge in [0.15, 0.2) is 0 Å². The van der Waals surface area contributed by atoms with Crippen molar-refractivity contribution in [2.24, 2.45) is 0 Å². The lowest BCUT2D eigenvalue weighted by Gasteiger charge is -2.07. The van der Waals surface area contributed by atoms with Gasteiger partial charge in [0, 0.05) is 11.3 Å². The van der Waals surface area contributed by atoms with E-state index in [4.69, 9.17) is 5.11 Å². The van der Waals surface area contributed by atoms with Crippen molar-refractivity contribution in [2.75, 3.05) is 5.32 Å². The lowest BCUT2D eigenvalue weighted by atomic mass is 10.2. The number of rotatable bonds is 3. The fraction of sp³-hybridized carbons (Fsp3) is 0.0909. The quantitative estimate of drug-likeness (QED) is 0.852. The van der Waals surface area contributed by atoms with Crippen LogP contribution in [0.15, 0.2) is 36.0 Å². The van der Waals surface area contributed by atoms with Crippen molar-refractivity contribution < 1.29 is 9.90 Å². The van der Waals surface area contributed by atoms with Crippen molar-refractivity contribution in [3.05, 3.63) is 46.4 Å². The van der Waals surface area contributed by atoms with E-state index >= 15 is 0 Å². The highest BCUT2D eigenvalue weighted by Crippen LogP contribution is 2.16. The van der Waals surface area contributed by atoms with Crippen molar-refractivity contribution in [2.45, 2.75) is 6.61 Å². The Hall–Kier alpha value is -1.72. The Kier molecular flexibility index (Phi) is 3.28. The zero-order valence-electron chi connectivity index (χ0n) is 8.38. The molecule has 0 aliphatic rings. The maximum absolute atomic E-state index is 11.7. The number of aliphatic hydroxyl groups excluding tert-OH is 1. The van der Waals surface area contributed by atoms with Gasteiger partial charge in [-0.3, -0.25) is 9.78 Å². The van der Waals surface area contributed by atoms with Gasteiger partial charge in [0.25, 0.3) is 5.91 Å². The molecule has 0 fully saturated rings. The largest absolute Gasteiger partial charge is 0.392 e. The smallest absolute Gasteiger partial charge is 0.267 e. The summed E-state index contributed by atoms with van der Waals surface area (Å²) >= 11 is 1.28. The number of nitrogens with one attached hydrogen (secondary N) is 1. The minimum absolute atomic E-state index is 0.0981. The number of thiazole rings is 1. The van der Waals surface area contributed by atoms with Gasteiger partial charge in [-0.1, -0.05) is 18.2 Å². The van der Waals surface area contributed by atoms with Crippen molar-refractivity contribution in [1.82, 2.24) is 4.98 Å². The molecule has 0 bridgehead atoms. The molecule has 0 aliphatic carbocycles. The van der Waals surface area contributed by atoms with E-state index in [1.807, 2.05) is 6.07 Å². The zero-order chi connectivity index (χ0) is 11.4. The Morgan fingerprint density at radius 3 is 2.94 bits per heavy atom. The van der Waals surface area contributed by atoms with Crippen LogP contribution in [0.1, 0.15) is 15.2 Å². The van der Waals surface area contributed by atoms with Gasteiger partial charge >= 0.3 is 0 Å². The second kappa shape index (κ2) is 4.87. The Morgan fingerprint density at radius 2 is 2.25 bits per heavy atom. The minimum Gasteiger partial charge on any atom is -0.392 e. The number of carbonyl (C=O) groups is 1. The first kappa shape index (κ1) is 10.8. The highest BCUT2D eigenvalue weighted by molar-refractivity contribution is 7.11. The van der Waals surface area contributed by atoms with Crippen LogP contribution in [-0.2, 0) is 6.61 Å². The van der Waals surface area contributed by atoms with Gasteiger partial charge in [0.05, 0.1) is 18.3 Å². The topological polar surface area (TPSA) is 62.2 Å². The van der Waals surface area contributed by atoms with Gasteiger partial charge in [-0.2, -0.15) is 0 Å². The molecule has 82 valence electrons. The molecule has 0 aliphatic heterocycles. The molecule has 16 heavy (non-hydrogen) atoms. The molecule has 0 atom stereocenters. The molecular weight excluding hydrogens is 224 g/mol. The Balaban J connectivity index is 2.18. The highest BCUT2D eigenvalue weighted by Gasteiger charge is 2.09. The summed E-state index contributed by atoms with van der Waals surface area (Å²) in [5.41, 5.74) is 2.93. The molecule has 2 aromatic rings. The first-order valence-electron chi connectivity index (χ1n) is 4.70. The Labute approximate surface area is 96.6 Å². The number of para-hydroxylation sites is 1. The fourth-order valence-electron chi connectivity index (χ4n) is 1.29. The van der Waals surface area contributed by atoms with Crippen LogP contribution in [0.4, 0.5) is 5.69 Å². The normalized spacial score (nSPS) is 10.1. The van der Waals surface area contributed by atoms with E-state index in [1.54, 1.807) is 23.7 Å². The van der Waals surface area contributed by atoms with Crippen molar-refractivity contribution in [3.8, 4) is 0 Å². The number of hydrogen-bond donors (Lipinski definition) is 2. The number of carbonyl (C=O) groups excluding carboxylic acids is 1. The first-order valence-corrected chi connectivity index (χ1v) is 5.58. The summed E-state index contributed by atoms with van der Waals surface area (Å²) < 4.78 is 0. The third-order valence-corrected chi connectivity index (χ3v) is 2.86. The van der Waals surface area contributed by atoms with Gasteiger partial charge in [0.2, 0.25) is 0 Å². The Bertz CT molecular complexity index is 482. The van der Waals surface area contributed by atoms with E-state index in [2.05, 4.69) is 10.3 Å². The van der Waals surface area contributed by atoms with Crippen LogP contribution in [0.5, 0.6) is 0 Å². The molecule has 0 radical (unpaired) electrons. The summed E-state index contributed by atoms with van der Waals surface area (Å²) in [6.07, 6.45) is 1.52. The third kappa shape index (κ3) is 2.26. The van der Waals surface area contributed by atoms with Crippen LogP contribution < -0.4 is 5.32 Å². The fourth-order valence-corrected chi connectivity index (χ4v) is 1.81. The van der Waals surface area contributed by atoms with Crippen LogP contribution in [0.2, 0.25) is 0 Å². The van der Waals surface area contributed by atoms with Crippen LogP contribution in [0.25, 0.3) is 0 Å². The Morgan fingerprint density at radius 1 is 1.44 bits per heavy atom. The van der Waals surface area contributed by atoms with Crippen molar-refractivity contribution in [3.63, 3.8) is 0 Å². The molecule has 0 saturated carbocycles. The first-order chi connectivity index (χ1) is 7.81. The minimum atomic E-state index is -0.205. The summed E-state index contributed by atoms with van der Waals surface area (Å²) in [4.78, 5) is 16.1. The van der Waals surface area contributed by atoms with Gasteiger partial charge in [-0.25, -0.2) is 0 Å². The molecule has 1 aromatic heterocycles. The molecular formula is C11H10N2O2S. The summed E-state index contributed by atoms with van der Waals surface area (Å²) in [7, 11) is 0. The standard InChI is InChI=1S/C11H10N2O2S/c14-6-8-3-1-2-4-9(8)13-11(15)10-5-12-7-16-10/h1-5,7,14H,6H2,(H,13,15). The van der Waals surface area contributed by atoms with E-state index < -0.39 is 0 Å². The molecule has 5 heteroatoms. The molecule has 2 N–H and O–H groups in total. The molecule has 1 aromatic carbocycles. The second-order valence-corrected chi connectivity index (χ2v) is 4.02. The van der Waals surface area contributed by atoms with Crippen LogP contribution in [0, 0.1) is 0 Å². The van der Waals surface area contributed by atoms with Crippen molar-refractivity contribution >= 4 is 22.9 Å². The molecule has 4 nitrogen and oxygen atoms in total. The predicted octanol–water partition coefficient (Wildman–Crippen LogP) is 1.89. The second-order valence-electron chi connectivity index (χ2n) is 3.14. The van der Waals surface area contributed by atoms with Crippen LogP contribution >= 0.6 is 11.3 Å². The molecule has 2 rings (SSSR count). The van der Waals surface area contributed by atoms with Crippen LogP contribution in [-0.4, -0.2) is 16.0 Å². The number of nitrogens with zero attached hydrogens (tertiary/aromatic N) is 1. The van der Waals surface area contributed by atoms with Crippen LogP contribution in [0.3, 0.4) is 0 Å². The van der Waals surface area contributed by atoms with E-state index in [9.17, 15) is 4.79 Å². The summed E-state index contributed by atoms with van der Waals surface area (Å²) in [6.45, 7) is -0.0981. The molecule has 0 unspecified atom stereocenters. The van der Waals surface area contributed by atoms with E-state index in [-0.39, 0.29) is 12.5 Å². The van der Waals surface area contributed by atoms with Gasteiger partial charge in [-0.05, 0) is 6.07 Å². The highest BCUT2D eigenvalue weighted by atomic mass is 32.1. The van der Waals surface area contributed by atoms with E-state index in [0.717, 1.165) is 0 Å². The number of hydrogen-bond acceptors (Lipinski definition) is 4. The lowest BCUT2D eigenvalue weighted by molar-refractivity contribution is 0.103. The number of aromatic nitrogens is 1. The number of aliphatic hydroxyl groups is 1. The summed E-state index contributed by atoms with van der Waals surface area (Å²) in [6, 6.07) is 7.14. The van der Waals surface area contributed by atoms with E-state index in [1.165, 1.54) is 17.5 Å². The van der Waals surface area contributed by atoms with Crippen molar-refractivity contribution in [1.29, 1.82) is 0 Å². The number of amides is 1. The lowest BCUT2D eigenvalue weighted by Crippen LogP contribution is -2.11. The monoisotopic (exact) mass is 234 g/mol. The number of anilines is 1. The SMILES string of the molecule is O=C(Nc1ccccc1CO)c1cncs1. The van der Waals surface area contributed by atoms with Gasteiger partial charge in [0.1, 0.15) is 4.88 Å². The van der Waals surface area contributed by atoms with Gasteiger partial charge in [-0.15, -0.1) is 11.3 Å². The number of benzene rings is 1. The summed E-state index contributed by atoms with van der Waals surface area (Å²) in [5.74, 6) is -0.205. The molecule has 1 amide bonds. The third-order valence-electron chi connectivity index (χ3n) is 2.09. The molecule has 0 saturated heterocycles. The van der Waals surface area contributed by atoms with E-state index in [0.29, 0.717) is 16.1 Å². The average Bonchev–Trinajstić information content (AvgIpc) is 2.83. The molecule has 0 spiro atoms.